The number of allylic oxidation sites excluding steroid dienone is 4. The summed E-state index contributed by atoms with van der Waals surface area (Å²) in [4.78, 5) is 6.93. The number of aliphatic imine (C=N–C) groups is 1. The third-order valence-electron chi connectivity index (χ3n) is 10.2. The fourth-order valence-electron chi connectivity index (χ4n) is 7.00. The highest BCUT2D eigenvalue weighted by molar-refractivity contribution is 8.02. The van der Waals surface area contributed by atoms with E-state index in [0.29, 0.717) is 17.8 Å². The van der Waals surface area contributed by atoms with Crippen LogP contribution in [0.5, 0.6) is 0 Å². The van der Waals surface area contributed by atoms with Crippen LogP contribution in [0.1, 0.15) is 168 Å². The van der Waals surface area contributed by atoms with Crippen LogP contribution in [-0.4, -0.2) is 12.0 Å². The molecule has 0 amide bonds. The van der Waals surface area contributed by atoms with Gasteiger partial charge in [-0.3, -0.25) is 4.99 Å². The number of unbranched alkanes of at least 4 members (excludes halogenated alkanes) is 1. The predicted molar refractivity (Wildman–Crippen MR) is 212 cm³/mol. The second-order valence-corrected chi connectivity index (χ2v) is 15.0. The SMILES string of the molecule is CC.CC.CCCC/C(N=C(C(C)C1=CC(C)c2cc(-c3ccc4c(c3)CCCC4)cc(C(C)C)c2C1)C(C)(C)CC)=C(/C)SC. The molecule has 2 atom stereocenters. The summed E-state index contributed by atoms with van der Waals surface area (Å²) in [6.07, 6.45) is 15.5. The molecule has 0 N–H and O–H groups in total. The molecule has 2 unspecified atom stereocenters. The van der Waals surface area contributed by atoms with Crippen molar-refractivity contribution in [2.24, 2.45) is 16.3 Å². The van der Waals surface area contributed by atoms with E-state index in [1.165, 1.54) is 77.1 Å². The molecule has 0 bridgehead atoms. The third kappa shape index (κ3) is 9.74. The minimum atomic E-state index is 0.0527. The first-order valence-corrected chi connectivity index (χ1v) is 20.0. The van der Waals surface area contributed by atoms with Gasteiger partial charge in [0.2, 0.25) is 0 Å². The van der Waals surface area contributed by atoms with Gasteiger partial charge in [-0.2, -0.15) is 0 Å². The van der Waals surface area contributed by atoms with Gasteiger partial charge in [-0.05, 0) is 115 Å². The van der Waals surface area contributed by atoms with Crippen LogP contribution in [-0.2, 0) is 19.3 Å². The van der Waals surface area contributed by atoms with Gasteiger partial charge in [-0.25, -0.2) is 0 Å². The van der Waals surface area contributed by atoms with E-state index in [-0.39, 0.29) is 5.41 Å². The first-order chi connectivity index (χ1) is 22.0. The lowest BCUT2D eigenvalue weighted by Gasteiger charge is -2.35. The molecule has 256 valence electrons. The highest BCUT2D eigenvalue weighted by atomic mass is 32.2. The fourth-order valence-corrected chi connectivity index (χ4v) is 7.39. The number of thioether (sulfide) groups is 1. The average Bonchev–Trinajstić information content (AvgIpc) is 3.08. The van der Waals surface area contributed by atoms with Crippen LogP contribution in [0.25, 0.3) is 11.1 Å². The van der Waals surface area contributed by atoms with Crippen molar-refractivity contribution < 1.29 is 0 Å². The lowest BCUT2D eigenvalue weighted by Crippen LogP contribution is -2.32. The number of hydrogen-bond acceptors (Lipinski definition) is 2. The van der Waals surface area contributed by atoms with E-state index in [2.05, 4.69) is 105 Å². The normalized spacial score (nSPS) is 17.4. The molecule has 0 radical (unpaired) electrons. The Bertz CT molecular complexity index is 1350. The van der Waals surface area contributed by atoms with Gasteiger partial charge in [0, 0.05) is 27.6 Å². The molecule has 1 nitrogen and oxygen atoms in total. The summed E-state index contributed by atoms with van der Waals surface area (Å²) in [6, 6.07) is 12.3. The van der Waals surface area contributed by atoms with Crippen LogP contribution >= 0.6 is 11.8 Å². The Labute approximate surface area is 290 Å². The van der Waals surface area contributed by atoms with Gasteiger partial charge in [-0.1, -0.05) is 131 Å². The maximum atomic E-state index is 5.56. The van der Waals surface area contributed by atoms with E-state index < -0.39 is 0 Å². The average molecular weight is 644 g/mol. The standard InChI is InChI=1S/C40H57NS.2C2H6/c1-11-13-18-38(29(7)42-10)41-39(40(8,9)12-2)28(6)33-21-27(5)36-25-34(24-35(26(3)4)37(36)23-33)32-20-19-30-16-14-15-17-31(30)22-32;2*1-2/h19-22,24-28H,11-18,23H2,1-10H3;2*1-2H3/b38-29+,41-39?;;. The number of hydrogen-bond donors (Lipinski definition) is 0. The fraction of sp³-hybridized carbons (Fsp3) is 0.614. The smallest absolute Gasteiger partial charge is 0.0495 e. The summed E-state index contributed by atoms with van der Waals surface area (Å²) in [5, 5.41) is 0. The van der Waals surface area contributed by atoms with Crippen LogP contribution in [0.4, 0.5) is 0 Å². The molecule has 2 aliphatic carbocycles. The zero-order chi connectivity index (χ0) is 34.6. The van der Waals surface area contributed by atoms with Crippen molar-refractivity contribution in [1.29, 1.82) is 0 Å². The van der Waals surface area contributed by atoms with Gasteiger partial charge in [0.05, 0.1) is 0 Å². The predicted octanol–water partition coefficient (Wildman–Crippen LogP) is 14.3. The van der Waals surface area contributed by atoms with Crippen molar-refractivity contribution in [1.82, 2.24) is 0 Å². The summed E-state index contributed by atoms with van der Waals surface area (Å²) in [7, 11) is 0. The molecular weight excluding hydrogens is 575 g/mol. The van der Waals surface area contributed by atoms with Gasteiger partial charge >= 0.3 is 0 Å². The first kappa shape index (κ1) is 40.1. The quantitative estimate of drug-likeness (QED) is 0.175. The topological polar surface area (TPSA) is 12.4 Å². The molecular formula is C44H69NS. The summed E-state index contributed by atoms with van der Waals surface area (Å²) in [5.41, 5.74) is 14.8. The molecule has 2 heteroatoms. The van der Waals surface area contributed by atoms with E-state index in [4.69, 9.17) is 4.99 Å². The van der Waals surface area contributed by atoms with Gasteiger partial charge in [0.15, 0.2) is 0 Å². The van der Waals surface area contributed by atoms with E-state index in [0.717, 1.165) is 19.3 Å². The number of benzene rings is 2. The van der Waals surface area contributed by atoms with E-state index in [9.17, 15) is 0 Å². The van der Waals surface area contributed by atoms with Gasteiger partial charge < -0.3 is 0 Å². The van der Waals surface area contributed by atoms with Gasteiger partial charge in [0.25, 0.3) is 0 Å². The minimum Gasteiger partial charge on any atom is -0.260 e. The largest absolute Gasteiger partial charge is 0.260 e. The highest BCUT2D eigenvalue weighted by Crippen LogP contribution is 2.42. The zero-order valence-electron chi connectivity index (χ0n) is 32.4. The highest BCUT2D eigenvalue weighted by Gasteiger charge is 2.33. The van der Waals surface area contributed by atoms with Gasteiger partial charge in [-0.15, -0.1) is 11.8 Å². The molecule has 0 spiro atoms. The number of nitrogens with zero attached hydrogens (tertiary/aromatic N) is 1. The van der Waals surface area contributed by atoms with Crippen molar-refractivity contribution in [2.45, 2.75) is 160 Å². The maximum Gasteiger partial charge on any atom is 0.0495 e. The monoisotopic (exact) mass is 644 g/mol. The third-order valence-corrected chi connectivity index (χ3v) is 11.1. The molecule has 2 aromatic rings. The summed E-state index contributed by atoms with van der Waals surface area (Å²) in [6.45, 7) is 29.3. The second-order valence-electron chi connectivity index (χ2n) is 14.0. The summed E-state index contributed by atoms with van der Waals surface area (Å²) in [5.74, 6) is 1.21. The summed E-state index contributed by atoms with van der Waals surface area (Å²) >= 11 is 1.85. The molecule has 0 aromatic heterocycles. The Morgan fingerprint density at radius 2 is 1.59 bits per heavy atom. The number of fused-ring (bicyclic) bond motifs is 2. The van der Waals surface area contributed by atoms with Gasteiger partial charge in [0.1, 0.15) is 0 Å². The molecule has 0 saturated heterocycles. The lowest BCUT2D eigenvalue weighted by atomic mass is 9.71. The van der Waals surface area contributed by atoms with Crippen LogP contribution < -0.4 is 0 Å². The maximum absolute atomic E-state index is 5.56. The van der Waals surface area contributed by atoms with Crippen molar-refractivity contribution in [3.63, 3.8) is 0 Å². The van der Waals surface area contributed by atoms with E-state index in [1.807, 2.05) is 39.5 Å². The second kappa shape index (κ2) is 19.1. The van der Waals surface area contributed by atoms with Crippen LogP contribution in [0.3, 0.4) is 0 Å². The minimum absolute atomic E-state index is 0.0527. The zero-order valence-corrected chi connectivity index (χ0v) is 33.2. The Kier molecular flexibility index (Phi) is 16.6. The Morgan fingerprint density at radius 3 is 2.17 bits per heavy atom. The molecule has 2 aromatic carbocycles. The summed E-state index contributed by atoms with van der Waals surface area (Å²) < 4.78 is 0. The van der Waals surface area contributed by atoms with Crippen molar-refractivity contribution in [3.8, 4) is 11.1 Å². The van der Waals surface area contributed by atoms with Crippen molar-refractivity contribution in [3.05, 3.63) is 80.4 Å². The van der Waals surface area contributed by atoms with Crippen molar-refractivity contribution in [2.75, 3.05) is 6.26 Å². The Balaban J connectivity index is 0.00000177. The molecule has 0 heterocycles. The molecule has 46 heavy (non-hydrogen) atoms. The Morgan fingerprint density at radius 1 is 0.935 bits per heavy atom. The number of aryl methyl sites for hydroxylation is 2. The number of rotatable bonds is 11. The van der Waals surface area contributed by atoms with E-state index in [1.54, 1.807) is 22.3 Å². The molecule has 4 rings (SSSR count). The molecule has 0 fully saturated rings. The molecule has 2 aliphatic rings. The van der Waals surface area contributed by atoms with Crippen LogP contribution in [0.2, 0.25) is 0 Å². The molecule has 0 aliphatic heterocycles. The van der Waals surface area contributed by atoms with Crippen molar-refractivity contribution >= 4 is 17.5 Å². The first-order valence-electron chi connectivity index (χ1n) is 18.8. The Hall–Kier alpha value is -2.06. The van der Waals surface area contributed by atoms with Crippen LogP contribution in [0.15, 0.2) is 57.6 Å². The molecule has 0 saturated carbocycles. The van der Waals surface area contributed by atoms with E-state index >= 15 is 0 Å². The lowest BCUT2D eigenvalue weighted by molar-refractivity contribution is 0.479. The van der Waals surface area contributed by atoms with Crippen LogP contribution in [0, 0.1) is 11.3 Å².